The zero-order valence-electron chi connectivity index (χ0n) is 12.5. The number of carboxylic acid groups (broad SMARTS) is 1. The van der Waals surface area contributed by atoms with Gasteiger partial charge >= 0.3 is 0 Å². The molecule has 1 fully saturated rings. The van der Waals surface area contributed by atoms with Gasteiger partial charge in [0.2, 0.25) is 0 Å². The van der Waals surface area contributed by atoms with Crippen LogP contribution in [0.3, 0.4) is 0 Å². The zero-order chi connectivity index (χ0) is 16.2. The Labute approximate surface area is 133 Å². The van der Waals surface area contributed by atoms with Crippen molar-refractivity contribution in [1.82, 2.24) is 0 Å². The largest absolute Gasteiger partial charge is 0.547 e. The summed E-state index contributed by atoms with van der Waals surface area (Å²) in [5, 5.41) is 10.9. The van der Waals surface area contributed by atoms with Gasteiger partial charge in [-0.1, -0.05) is 30.3 Å². The minimum absolute atomic E-state index is 0.0187. The number of carbonyl (C=O) groups excluding carboxylic acids is 2. The maximum Gasteiger partial charge on any atom is 0.258 e. The molecule has 1 saturated heterocycles. The van der Waals surface area contributed by atoms with Gasteiger partial charge in [0.05, 0.1) is 12.5 Å². The highest BCUT2D eigenvalue weighted by atomic mass is 16.6. The minimum Gasteiger partial charge on any atom is -0.547 e. The van der Waals surface area contributed by atoms with E-state index in [2.05, 4.69) is 0 Å². The third kappa shape index (κ3) is 2.04. The van der Waals surface area contributed by atoms with Crippen LogP contribution in [0.1, 0.15) is 28.4 Å². The van der Waals surface area contributed by atoms with Gasteiger partial charge in [-0.25, -0.2) is 0 Å². The third-order valence-corrected chi connectivity index (χ3v) is 4.59. The number of rotatable bonds is 3. The highest BCUT2D eigenvalue weighted by Crippen LogP contribution is 2.46. The Hall–Kier alpha value is -2.66. The zero-order valence-corrected chi connectivity index (χ0v) is 12.5. The number of fused-ring (bicyclic) bond motifs is 1. The number of carbonyl (C=O) groups is 2. The Morgan fingerprint density at radius 1 is 1.22 bits per heavy atom. The molecule has 4 rings (SSSR count). The smallest absolute Gasteiger partial charge is 0.258 e. The van der Waals surface area contributed by atoms with Gasteiger partial charge in [0.25, 0.3) is 5.91 Å². The summed E-state index contributed by atoms with van der Waals surface area (Å²) in [6.07, 6.45) is -0.911. The molecule has 5 nitrogen and oxygen atoms in total. The minimum atomic E-state index is -1.21. The number of hydrogen-bond acceptors (Lipinski definition) is 4. The van der Waals surface area contributed by atoms with Crippen molar-refractivity contribution in [2.75, 3.05) is 4.90 Å². The number of amides is 1. The topological polar surface area (TPSA) is 73.0 Å². The van der Waals surface area contributed by atoms with Crippen molar-refractivity contribution in [2.45, 2.75) is 25.2 Å². The van der Waals surface area contributed by atoms with E-state index < -0.39 is 17.7 Å². The Bertz CT molecular complexity index is 814. The predicted octanol–water partition coefficient (Wildman–Crippen LogP) is 1.21. The molecule has 0 spiro atoms. The van der Waals surface area contributed by atoms with Crippen molar-refractivity contribution >= 4 is 17.6 Å². The Kier molecular flexibility index (Phi) is 2.83. The molecule has 0 aromatic heterocycles. The average molecular weight is 308 g/mol. The third-order valence-electron chi connectivity index (χ3n) is 4.59. The van der Waals surface area contributed by atoms with E-state index in [1.807, 2.05) is 36.4 Å². The fourth-order valence-corrected chi connectivity index (χ4v) is 3.14. The van der Waals surface area contributed by atoms with E-state index in [1.165, 1.54) is 0 Å². The van der Waals surface area contributed by atoms with Crippen LogP contribution in [0.15, 0.2) is 48.5 Å². The van der Waals surface area contributed by atoms with E-state index in [-0.39, 0.29) is 5.91 Å². The summed E-state index contributed by atoms with van der Waals surface area (Å²) in [4.78, 5) is 25.1. The number of anilines is 1. The Balaban J connectivity index is 1.59. The number of nitrogens with zero attached hydrogens (tertiary/aromatic N) is 1. The Morgan fingerprint density at radius 3 is 2.52 bits per heavy atom. The molecule has 2 aromatic carbocycles. The molecular weight excluding hydrogens is 294 g/mol. The molecule has 0 saturated carbocycles. The van der Waals surface area contributed by atoms with E-state index in [1.54, 1.807) is 24.0 Å². The van der Waals surface area contributed by atoms with Crippen molar-refractivity contribution in [3.8, 4) is 0 Å². The lowest BCUT2D eigenvalue weighted by atomic mass is 9.97. The van der Waals surface area contributed by atoms with Crippen molar-refractivity contribution in [1.29, 1.82) is 0 Å². The van der Waals surface area contributed by atoms with Crippen LogP contribution in [-0.2, 0) is 21.7 Å². The van der Waals surface area contributed by atoms with Crippen LogP contribution in [0.4, 0.5) is 5.69 Å². The molecule has 0 bridgehead atoms. The summed E-state index contributed by atoms with van der Waals surface area (Å²) in [6, 6.07) is 14.8. The summed E-state index contributed by atoms with van der Waals surface area (Å²) in [6.45, 7) is 2.27. The summed E-state index contributed by atoms with van der Waals surface area (Å²) in [7, 11) is 0. The first-order valence-corrected chi connectivity index (χ1v) is 7.40. The lowest BCUT2D eigenvalue weighted by Crippen LogP contribution is -2.31. The van der Waals surface area contributed by atoms with Crippen LogP contribution in [0.5, 0.6) is 0 Å². The van der Waals surface area contributed by atoms with E-state index in [4.69, 9.17) is 4.74 Å². The molecule has 1 amide bonds. The summed E-state index contributed by atoms with van der Waals surface area (Å²) < 4.78 is 5.25. The first-order valence-electron chi connectivity index (χ1n) is 7.40. The second-order valence-electron chi connectivity index (χ2n) is 6.02. The molecule has 5 heteroatoms. The SMILES string of the molecule is C[C@@]1(c2ccc(N3Cc4ccccc4C3=O)cc2)O[C@H]1C(=O)[O-]. The predicted molar refractivity (Wildman–Crippen MR) is 80.6 cm³/mol. The molecule has 23 heavy (non-hydrogen) atoms. The van der Waals surface area contributed by atoms with E-state index >= 15 is 0 Å². The molecule has 2 aromatic rings. The molecule has 2 aliphatic rings. The number of carboxylic acids is 1. The van der Waals surface area contributed by atoms with Crippen molar-refractivity contribution in [3.05, 3.63) is 65.2 Å². The van der Waals surface area contributed by atoms with Gasteiger partial charge in [-0.3, -0.25) is 4.79 Å². The highest BCUT2D eigenvalue weighted by molar-refractivity contribution is 6.09. The molecule has 2 aliphatic heterocycles. The molecule has 2 atom stereocenters. The molecule has 0 N–H and O–H groups in total. The van der Waals surface area contributed by atoms with Crippen LogP contribution in [0.2, 0.25) is 0 Å². The van der Waals surface area contributed by atoms with Gasteiger partial charge in [0.15, 0.2) is 0 Å². The molecule has 0 unspecified atom stereocenters. The number of ether oxygens (including phenoxy) is 1. The van der Waals surface area contributed by atoms with E-state index in [0.717, 1.165) is 22.4 Å². The molecule has 116 valence electrons. The van der Waals surface area contributed by atoms with Gasteiger partial charge in [-0.15, -0.1) is 0 Å². The van der Waals surface area contributed by atoms with Crippen LogP contribution >= 0.6 is 0 Å². The highest BCUT2D eigenvalue weighted by Gasteiger charge is 2.54. The number of benzene rings is 2. The van der Waals surface area contributed by atoms with Crippen LogP contribution in [0, 0.1) is 0 Å². The fraction of sp³-hybridized carbons (Fsp3) is 0.222. The van der Waals surface area contributed by atoms with Crippen molar-refractivity contribution in [3.63, 3.8) is 0 Å². The van der Waals surface area contributed by atoms with Crippen LogP contribution in [0.25, 0.3) is 0 Å². The van der Waals surface area contributed by atoms with E-state index in [0.29, 0.717) is 6.54 Å². The Morgan fingerprint density at radius 2 is 1.91 bits per heavy atom. The fourth-order valence-electron chi connectivity index (χ4n) is 3.14. The molecule has 0 aliphatic carbocycles. The van der Waals surface area contributed by atoms with Crippen LogP contribution in [-0.4, -0.2) is 18.0 Å². The van der Waals surface area contributed by atoms with Gasteiger partial charge in [-0.2, -0.15) is 0 Å². The lowest BCUT2D eigenvalue weighted by molar-refractivity contribution is -0.307. The van der Waals surface area contributed by atoms with Gasteiger partial charge in [-0.05, 0) is 36.2 Å². The van der Waals surface area contributed by atoms with Crippen molar-refractivity contribution < 1.29 is 19.4 Å². The average Bonchev–Trinajstić information content (AvgIpc) is 3.16. The monoisotopic (exact) mass is 308 g/mol. The molecule has 0 radical (unpaired) electrons. The second kappa shape index (κ2) is 4.67. The molecule has 2 heterocycles. The maximum absolute atomic E-state index is 12.4. The number of epoxide rings is 1. The van der Waals surface area contributed by atoms with Crippen molar-refractivity contribution in [2.24, 2.45) is 0 Å². The standard InChI is InChI=1S/C18H15NO4/c1-18(15(23-18)17(21)22)12-6-8-13(9-7-12)19-10-11-4-2-3-5-14(11)16(19)20/h2-9,15H,10H2,1H3,(H,21,22)/p-1/t15-,18-/m0/s1. The normalized spacial score (nSPS) is 25.3. The summed E-state index contributed by atoms with van der Waals surface area (Å²) >= 11 is 0. The first kappa shape index (κ1) is 14.0. The number of hydrogen-bond donors (Lipinski definition) is 0. The summed E-state index contributed by atoms with van der Waals surface area (Å²) in [5.41, 5.74) is 2.45. The molecular formula is C18H14NO4-. The number of aliphatic carboxylic acids is 1. The second-order valence-corrected chi connectivity index (χ2v) is 6.02. The van der Waals surface area contributed by atoms with Crippen LogP contribution < -0.4 is 10.0 Å². The van der Waals surface area contributed by atoms with E-state index in [9.17, 15) is 14.7 Å². The van der Waals surface area contributed by atoms with Gasteiger partial charge in [0.1, 0.15) is 11.7 Å². The van der Waals surface area contributed by atoms with Gasteiger partial charge in [0, 0.05) is 11.3 Å². The summed E-state index contributed by atoms with van der Waals surface area (Å²) in [5.74, 6) is -1.23. The lowest BCUT2D eigenvalue weighted by Gasteiger charge is -2.17. The maximum atomic E-state index is 12.4. The first-order chi connectivity index (χ1) is 11.0. The van der Waals surface area contributed by atoms with Gasteiger partial charge < -0.3 is 19.5 Å². The quantitative estimate of drug-likeness (QED) is 0.799.